The Bertz CT molecular complexity index is 843. The normalized spacial score (nSPS) is 10.3. The second-order valence-corrected chi connectivity index (χ2v) is 7.53. The average molecular weight is 383 g/mol. The Morgan fingerprint density at radius 1 is 0.552 bits per heavy atom. The highest BCUT2D eigenvalue weighted by Gasteiger charge is 1.94. The van der Waals surface area contributed by atoms with Crippen molar-refractivity contribution in [2.75, 3.05) is 0 Å². The Kier molecular flexibility index (Phi) is 11.2. The highest BCUT2D eigenvalue weighted by atomic mass is 14.0. The number of hydrogen-bond donors (Lipinski definition) is 0. The standard InChI is InChI=1S/C29H34/c1-3-5-7-8-11-15-27-22-24-29(25-23-27)17-13-10-9-12-16-28-20-18-26(19-21-28)14-6-4-2/h9-10,18-25H,3-8,11,14-15H2,1-2H3/b10-9+. The Balaban J connectivity index is 1.76. The van der Waals surface area contributed by atoms with Crippen LogP contribution in [0.5, 0.6) is 0 Å². The number of rotatable bonds is 9. The van der Waals surface area contributed by atoms with Crippen LogP contribution in [-0.2, 0) is 12.8 Å². The fraction of sp³-hybridized carbons (Fsp3) is 0.379. The highest BCUT2D eigenvalue weighted by Crippen LogP contribution is 2.10. The van der Waals surface area contributed by atoms with Gasteiger partial charge in [-0.3, -0.25) is 0 Å². The van der Waals surface area contributed by atoms with Crippen LogP contribution in [0.3, 0.4) is 0 Å². The van der Waals surface area contributed by atoms with E-state index in [1.165, 1.54) is 62.5 Å². The monoisotopic (exact) mass is 382 g/mol. The maximum absolute atomic E-state index is 3.18. The molecule has 0 bridgehead atoms. The smallest absolute Gasteiger partial charge is 0.0249 e. The Hall–Kier alpha value is -2.70. The first kappa shape index (κ1) is 22.6. The van der Waals surface area contributed by atoms with E-state index in [9.17, 15) is 0 Å². The lowest BCUT2D eigenvalue weighted by atomic mass is 10.0. The van der Waals surface area contributed by atoms with Gasteiger partial charge in [0.05, 0.1) is 0 Å². The molecule has 0 aliphatic heterocycles. The van der Waals surface area contributed by atoms with E-state index in [4.69, 9.17) is 0 Å². The fourth-order valence-corrected chi connectivity index (χ4v) is 3.16. The number of hydrogen-bond acceptors (Lipinski definition) is 0. The molecule has 0 nitrogen and oxygen atoms in total. The van der Waals surface area contributed by atoms with Crippen LogP contribution in [0.15, 0.2) is 60.7 Å². The molecule has 0 unspecified atom stereocenters. The molecule has 0 spiro atoms. The lowest BCUT2D eigenvalue weighted by Crippen LogP contribution is -1.86. The third-order valence-corrected chi connectivity index (χ3v) is 4.98. The molecule has 2 aromatic carbocycles. The zero-order valence-corrected chi connectivity index (χ0v) is 18.1. The molecule has 29 heavy (non-hydrogen) atoms. The van der Waals surface area contributed by atoms with Gasteiger partial charge in [-0.15, -0.1) is 0 Å². The summed E-state index contributed by atoms with van der Waals surface area (Å²) in [6.07, 6.45) is 15.1. The van der Waals surface area contributed by atoms with Crippen molar-refractivity contribution in [3.8, 4) is 23.7 Å². The van der Waals surface area contributed by atoms with Gasteiger partial charge in [0.15, 0.2) is 0 Å². The average Bonchev–Trinajstić information content (AvgIpc) is 2.76. The van der Waals surface area contributed by atoms with Crippen LogP contribution in [0.2, 0.25) is 0 Å². The number of benzene rings is 2. The number of unbranched alkanes of at least 4 members (excludes halogenated alkanes) is 5. The minimum absolute atomic E-state index is 1.05. The van der Waals surface area contributed by atoms with Crippen LogP contribution in [-0.4, -0.2) is 0 Å². The molecule has 0 atom stereocenters. The molecule has 0 aliphatic rings. The molecule has 0 saturated carbocycles. The molecular weight excluding hydrogens is 348 g/mol. The van der Waals surface area contributed by atoms with Crippen molar-refractivity contribution in [3.05, 3.63) is 82.9 Å². The predicted molar refractivity (Wildman–Crippen MR) is 127 cm³/mol. The topological polar surface area (TPSA) is 0 Å². The summed E-state index contributed by atoms with van der Waals surface area (Å²) in [5.41, 5.74) is 4.91. The van der Waals surface area contributed by atoms with E-state index in [-0.39, 0.29) is 0 Å². The third kappa shape index (κ3) is 9.87. The summed E-state index contributed by atoms with van der Waals surface area (Å²) in [6.45, 7) is 4.48. The quantitative estimate of drug-likeness (QED) is 0.311. The molecule has 150 valence electrons. The van der Waals surface area contributed by atoms with E-state index in [1.54, 1.807) is 0 Å². The first-order valence-corrected chi connectivity index (χ1v) is 11.2. The van der Waals surface area contributed by atoms with Crippen LogP contribution >= 0.6 is 0 Å². The number of allylic oxidation sites excluding steroid dienone is 2. The summed E-state index contributed by atoms with van der Waals surface area (Å²) in [5, 5.41) is 0. The summed E-state index contributed by atoms with van der Waals surface area (Å²) in [5.74, 6) is 12.5. The first-order chi connectivity index (χ1) is 14.3. The second kappa shape index (κ2) is 14.3. The van der Waals surface area contributed by atoms with Crippen molar-refractivity contribution in [2.45, 2.75) is 71.6 Å². The summed E-state index contributed by atoms with van der Waals surface area (Å²) in [4.78, 5) is 0. The van der Waals surface area contributed by atoms with Gasteiger partial charge < -0.3 is 0 Å². The Morgan fingerprint density at radius 2 is 1.00 bits per heavy atom. The van der Waals surface area contributed by atoms with E-state index in [0.29, 0.717) is 0 Å². The predicted octanol–water partition coefficient (Wildman–Crippen LogP) is 7.50. The van der Waals surface area contributed by atoms with Gasteiger partial charge in [0.2, 0.25) is 0 Å². The SMILES string of the molecule is CCCCCCCc1ccc(C#C/C=C/C#Cc2ccc(CCCC)cc2)cc1. The molecule has 0 heteroatoms. The largest absolute Gasteiger partial charge is 0.0689 e. The maximum Gasteiger partial charge on any atom is 0.0249 e. The molecule has 2 aromatic rings. The first-order valence-electron chi connectivity index (χ1n) is 11.2. The molecule has 0 saturated heterocycles. The van der Waals surface area contributed by atoms with Crippen molar-refractivity contribution >= 4 is 0 Å². The van der Waals surface area contributed by atoms with Crippen molar-refractivity contribution in [1.29, 1.82) is 0 Å². The van der Waals surface area contributed by atoms with Crippen molar-refractivity contribution < 1.29 is 0 Å². The third-order valence-electron chi connectivity index (χ3n) is 4.98. The van der Waals surface area contributed by atoms with Gasteiger partial charge >= 0.3 is 0 Å². The zero-order valence-electron chi connectivity index (χ0n) is 18.1. The van der Waals surface area contributed by atoms with Gasteiger partial charge in [0.1, 0.15) is 0 Å². The summed E-state index contributed by atoms with van der Waals surface area (Å²) < 4.78 is 0. The molecule has 0 amide bonds. The van der Waals surface area contributed by atoms with Crippen LogP contribution in [0.1, 0.15) is 81.0 Å². The molecule has 0 radical (unpaired) electrons. The van der Waals surface area contributed by atoms with Crippen molar-refractivity contribution in [1.82, 2.24) is 0 Å². The summed E-state index contributed by atoms with van der Waals surface area (Å²) in [7, 11) is 0. The lowest BCUT2D eigenvalue weighted by Gasteiger charge is -2.01. The molecule has 2 rings (SSSR count). The van der Waals surface area contributed by atoms with Gasteiger partial charge in [-0.05, 0) is 73.2 Å². The van der Waals surface area contributed by atoms with Gasteiger partial charge in [0, 0.05) is 11.1 Å². The number of aryl methyl sites for hydroxylation is 2. The van der Waals surface area contributed by atoms with E-state index < -0.39 is 0 Å². The summed E-state index contributed by atoms with van der Waals surface area (Å²) in [6, 6.07) is 17.2. The minimum atomic E-state index is 1.05. The van der Waals surface area contributed by atoms with E-state index >= 15 is 0 Å². The zero-order chi connectivity index (χ0) is 20.6. The van der Waals surface area contributed by atoms with Gasteiger partial charge in [0.25, 0.3) is 0 Å². The van der Waals surface area contributed by atoms with Crippen molar-refractivity contribution in [3.63, 3.8) is 0 Å². The van der Waals surface area contributed by atoms with Gasteiger partial charge in [-0.25, -0.2) is 0 Å². The van der Waals surface area contributed by atoms with E-state index in [2.05, 4.69) is 86.1 Å². The Labute approximate surface area is 178 Å². The molecule has 0 fully saturated rings. The molecule has 0 aliphatic carbocycles. The van der Waals surface area contributed by atoms with E-state index in [1.807, 2.05) is 12.2 Å². The van der Waals surface area contributed by atoms with Crippen molar-refractivity contribution in [2.24, 2.45) is 0 Å². The maximum atomic E-state index is 3.18. The lowest BCUT2D eigenvalue weighted by molar-refractivity contribution is 0.632. The molecule has 0 aromatic heterocycles. The van der Waals surface area contributed by atoms with Crippen LogP contribution in [0.4, 0.5) is 0 Å². The second-order valence-electron chi connectivity index (χ2n) is 7.53. The molecule has 0 N–H and O–H groups in total. The fourth-order valence-electron chi connectivity index (χ4n) is 3.16. The van der Waals surface area contributed by atoms with Crippen LogP contribution in [0.25, 0.3) is 0 Å². The van der Waals surface area contributed by atoms with Gasteiger partial charge in [-0.1, -0.05) is 93.9 Å². The molecule has 0 heterocycles. The molecular formula is C29H34. The van der Waals surface area contributed by atoms with Crippen LogP contribution < -0.4 is 0 Å². The van der Waals surface area contributed by atoms with E-state index in [0.717, 1.165) is 17.5 Å². The summed E-state index contributed by atoms with van der Waals surface area (Å²) >= 11 is 0. The van der Waals surface area contributed by atoms with Gasteiger partial charge in [-0.2, -0.15) is 0 Å². The Morgan fingerprint density at radius 3 is 1.48 bits per heavy atom. The van der Waals surface area contributed by atoms with Crippen LogP contribution in [0, 0.1) is 23.7 Å². The highest BCUT2D eigenvalue weighted by molar-refractivity contribution is 5.42. The minimum Gasteiger partial charge on any atom is -0.0689 e.